The Kier molecular flexibility index (Phi) is 5.25. The number of hydrogen-bond donors (Lipinski definition) is 1. The molecular weight excluding hydrogens is 355 g/mol. The lowest BCUT2D eigenvalue weighted by molar-refractivity contribution is 0.603. The highest BCUT2D eigenvalue weighted by molar-refractivity contribution is 9.10. The van der Waals surface area contributed by atoms with Crippen LogP contribution in [0.5, 0.6) is 0 Å². The van der Waals surface area contributed by atoms with Crippen molar-refractivity contribution in [3.05, 3.63) is 62.8 Å². The second-order valence-electron chi connectivity index (χ2n) is 4.91. The molecule has 5 heteroatoms. The summed E-state index contributed by atoms with van der Waals surface area (Å²) in [5.41, 5.74) is 7.94. The Bertz CT molecular complexity index is 631. The van der Waals surface area contributed by atoms with Crippen LogP contribution >= 0.6 is 27.5 Å². The minimum Gasteiger partial charge on any atom is -0.365 e. The number of nitrogens with zero attached hydrogens (tertiary/aromatic N) is 1. The van der Waals surface area contributed by atoms with Crippen molar-refractivity contribution < 1.29 is 4.39 Å². The molecule has 112 valence electrons. The van der Waals surface area contributed by atoms with E-state index in [0.717, 1.165) is 11.1 Å². The van der Waals surface area contributed by atoms with Crippen molar-refractivity contribution in [3.8, 4) is 0 Å². The summed E-state index contributed by atoms with van der Waals surface area (Å²) in [5, 5.41) is 0.690. The van der Waals surface area contributed by atoms with E-state index in [1.807, 2.05) is 49.2 Å². The summed E-state index contributed by atoms with van der Waals surface area (Å²) < 4.78 is 14.9. The SMILES string of the molecule is CC(c1ccc(Cl)cc1)N(C)c1ccc(CN)c(Br)c1F. The molecule has 0 aliphatic rings. The van der Waals surface area contributed by atoms with E-state index in [0.29, 0.717) is 21.7 Å². The maximum absolute atomic E-state index is 14.5. The van der Waals surface area contributed by atoms with Crippen LogP contribution < -0.4 is 10.6 Å². The molecule has 0 aromatic heterocycles. The van der Waals surface area contributed by atoms with E-state index in [2.05, 4.69) is 15.9 Å². The van der Waals surface area contributed by atoms with Crippen molar-refractivity contribution in [2.24, 2.45) is 5.73 Å². The van der Waals surface area contributed by atoms with Gasteiger partial charge in [-0.1, -0.05) is 29.8 Å². The highest BCUT2D eigenvalue weighted by Crippen LogP contribution is 2.33. The Labute approximate surface area is 137 Å². The zero-order valence-electron chi connectivity index (χ0n) is 11.9. The Morgan fingerprint density at radius 2 is 1.86 bits per heavy atom. The average molecular weight is 372 g/mol. The zero-order valence-corrected chi connectivity index (χ0v) is 14.2. The largest absolute Gasteiger partial charge is 0.365 e. The first-order valence-corrected chi connectivity index (χ1v) is 7.78. The van der Waals surface area contributed by atoms with Crippen LogP contribution in [-0.4, -0.2) is 7.05 Å². The van der Waals surface area contributed by atoms with E-state index in [-0.39, 0.29) is 11.9 Å². The molecule has 0 fully saturated rings. The van der Waals surface area contributed by atoms with Crippen LogP contribution in [-0.2, 0) is 6.54 Å². The predicted octanol–water partition coefficient (Wildman–Crippen LogP) is 4.90. The van der Waals surface area contributed by atoms with Crippen LogP contribution in [0.25, 0.3) is 0 Å². The van der Waals surface area contributed by atoms with Crippen LogP contribution in [0.1, 0.15) is 24.1 Å². The van der Waals surface area contributed by atoms with Gasteiger partial charge in [0.15, 0.2) is 5.82 Å². The van der Waals surface area contributed by atoms with Crippen LogP contribution in [0, 0.1) is 5.82 Å². The van der Waals surface area contributed by atoms with Crippen molar-refractivity contribution in [1.29, 1.82) is 0 Å². The lowest BCUT2D eigenvalue weighted by atomic mass is 10.1. The molecular formula is C16H17BrClFN2. The van der Waals surface area contributed by atoms with Gasteiger partial charge in [-0.05, 0) is 52.2 Å². The molecule has 0 aliphatic heterocycles. The van der Waals surface area contributed by atoms with E-state index in [9.17, 15) is 4.39 Å². The number of hydrogen-bond acceptors (Lipinski definition) is 2. The minimum absolute atomic E-state index is 0.0207. The van der Waals surface area contributed by atoms with Crippen molar-refractivity contribution in [2.75, 3.05) is 11.9 Å². The van der Waals surface area contributed by atoms with Gasteiger partial charge < -0.3 is 10.6 Å². The third kappa shape index (κ3) is 3.39. The molecule has 0 bridgehead atoms. The Morgan fingerprint density at radius 1 is 1.24 bits per heavy atom. The first-order chi connectivity index (χ1) is 9.95. The molecule has 2 nitrogen and oxygen atoms in total. The topological polar surface area (TPSA) is 29.3 Å². The summed E-state index contributed by atoms with van der Waals surface area (Å²) in [4.78, 5) is 1.89. The second kappa shape index (κ2) is 6.77. The molecule has 0 radical (unpaired) electrons. The zero-order chi connectivity index (χ0) is 15.6. The third-order valence-corrected chi connectivity index (χ3v) is 4.78. The molecule has 21 heavy (non-hydrogen) atoms. The van der Waals surface area contributed by atoms with Gasteiger partial charge in [0.2, 0.25) is 0 Å². The van der Waals surface area contributed by atoms with Crippen LogP contribution in [0.3, 0.4) is 0 Å². The molecule has 1 atom stereocenters. The fourth-order valence-corrected chi connectivity index (χ4v) is 2.81. The van der Waals surface area contributed by atoms with Gasteiger partial charge in [0, 0.05) is 18.6 Å². The van der Waals surface area contributed by atoms with Crippen LogP contribution in [0.2, 0.25) is 5.02 Å². The fourth-order valence-electron chi connectivity index (χ4n) is 2.18. The molecule has 1 unspecified atom stereocenters. The second-order valence-corrected chi connectivity index (χ2v) is 6.14. The molecule has 2 rings (SSSR count). The van der Waals surface area contributed by atoms with Crippen molar-refractivity contribution in [3.63, 3.8) is 0 Å². The number of halogens is 3. The summed E-state index contributed by atoms with van der Waals surface area (Å²) in [6.45, 7) is 2.32. The van der Waals surface area contributed by atoms with Crippen molar-refractivity contribution in [2.45, 2.75) is 19.5 Å². The Hall–Kier alpha value is -1.10. The molecule has 0 amide bonds. The molecule has 2 aromatic carbocycles. The maximum atomic E-state index is 14.5. The van der Waals surface area contributed by atoms with Gasteiger partial charge in [-0.15, -0.1) is 0 Å². The number of nitrogens with two attached hydrogens (primary N) is 1. The molecule has 0 heterocycles. The summed E-state index contributed by atoms with van der Waals surface area (Å²) in [6, 6.07) is 11.2. The monoisotopic (exact) mass is 370 g/mol. The number of anilines is 1. The first kappa shape index (κ1) is 16.3. The van der Waals surface area contributed by atoms with Gasteiger partial charge in [0.25, 0.3) is 0 Å². The highest BCUT2D eigenvalue weighted by atomic mass is 79.9. The Balaban J connectivity index is 2.33. The van der Waals surface area contributed by atoms with Crippen LogP contribution in [0.15, 0.2) is 40.9 Å². The molecule has 0 saturated heterocycles. The lowest BCUT2D eigenvalue weighted by Gasteiger charge is -2.28. The Morgan fingerprint density at radius 3 is 2.43 bits per heavy atom. The summed E-state index contributed by atoms with van der Waals surface area (Å²) in [7, 11) is 1.87. The van der Waals surface area contributed by atoms with E-state index >= 15 is 0 Å². The van der Waals surface area contributed by atoms with Crippen molar-refractivity contribution in [1.82, 2.24) is 0 Å². The minimum atomic E-state index is -0.290. The van der Waals surface area contributed by atoms with Gasteiger partial charge in [-0.3, -0.25) is 0 Å². The third-order valence-electron chi connectivity index (χ3n) is 3.68. The molecule has 0 aliphatic carbocycles. The summed E-state index contributed by atoms with van der Waals surface area (Å²) in [5.74, 6) is -0.290. The van der Waals surface area contributed by atoms with E-state index in [1.165, 1.54) is 0 Å². The smallest absolute Gasteiger partial charge is 0.160 e. The van der Waals surface area contributed by atoms with Gasteiger partial charge in [0.1, 0.15) is 0 Å². The van der Waals surface area contributed by atoms with E-state index in [4.69, 9.17) is 17.3 Å². The van der Waals surface area contributed by atoms with Crippen LogP contribution in [0.4, 0.5) is 10.1 Å². The van der Waals surface area contributed by atoms with E-state index in [1.54, 1.807) is 6.07 Å². The highest BCUT2D eigenvalue weighted by Gasteiger charge is 2.18. The fraction of sp³-hybridized carbons (Fsp3) is 0.250. The number of rotatable bonds is 4. The van der Waals surface area contributed by atoms with Crippen molar-refractivity contribution >= 4 is 33.2 Å². The molecule has 0 saturated carbocycles. The van der Waals surface area contributed by atoms with Gasteiger partial charge in [0.05, 0.1) is 16.2 Å². The van der Waals surface area contributed by atoms with Gasteiger partial charge in [-0.2, -0.15) is 0 Å². The van der Waals surface area contributed by atoms with Gasteiger partial charge >= 0.3 is 0 Å². The lowest BCUT2D eigenvalue weighted by Crippen LogP contribution is -2.23. The van der Waals surface area contributed by atoms with E-state index < -0.39 is 0 Å². The first-order valence-electron chi connectivity index (χ1n) is 6.61. The van der Waals surface area contributed by atoms with Gasteiger partial charge in [-0.25, -0.2) is 4.39 Å². The molecule has 2 aromatic rings. The quantitative estimate of drug-likeness (QED) is 0.828. The average Bonchev–Trinajstić information content (AvgIpc) is 2.49. The number of benzene rings is 2. The normalized spacial score (nSPS) is 12.3. The summed E-state index contributed by atoms with van der Waals surface area (Å²) >= 11 is 9.18. The summed E-state index contributed by atoms with van der Waals surface area (Å²) in [6.07, 6.45) is 0. The molecule has 2 N–H and O–H groups in total. The predicted molar refractivity (Wildman–Crippen MR) is 90.3 cm³/mol. The standard InChI is InChI=1S/C16H17BrClFN2/c1-10(11-3-6-13(18)7-4-11)21(2)14-8-5-12(9-20)15(17)16(14)19/h3-8,10H,9,20H2,1-2H3. The molecule has 0 spiro atoms. The maximum Gasteiger partial charge on any atom is 0.160 e.